The van der Waals surface area contributed by atoms with Gasteiger partial charge in [-0.1, -0.05) is 0 Å². The average molecular weight is 360 g/mol. The highest BCUT2D eigenvalue weighted by molar-refractivity contribution is 9.10. The van der Waals surface area contributed by atoms with E-state index in [4.69, 9.17) is 5.73 Å². The van der Waals surface area contributed by atoms with Gasteiger partial charge in [-0.2, -0.15) is 0 Å². The molecule has 3 N–H and O–H groups in total. The zero-order valence-corrected chi connectivity index (χ0v) is 12.1. The van der Waals surface area contributed by atoms with Crippen molar-refractivity contribution in [1.29, 1.82) is 0 Å². The van der Waals surface area contributed by atoms with Crippen molar-refractivity contribution in [3.8, 4) is 17.1 Å². The number of benzene rings is 1. The van der Waals surface area contributed by atoms with Crippen LogP contribution < -0.4 is 5.73 Å². The Morgan fingerprint density at radius 2 is 2.00 bits per heavy atom. The molecule has 0 unspecified atom stereocenters. The third-order valence-corrected chi connectivity index (χ3v) is 3.15. The first kappa shape index (κ1) is 15.1. The van der Waals surface area contributed by atoms with Gasteiger partial charge in [0.25, 0.3) is 0 Å². The van der Waals surface area contributed by atoms with Crippen LogP contribution >= 0.6 is 15.9 Å². The number of ether oxygens (including phenoxy) is 1. The number of nitrogens with two attached hydrogens (primary N) is 1. The van der Waals surface area contributed by atoms with Gasteiger partial charge in [0, 0.05) is 0 Å². The lowest BCUT2D eigenvalue weighted by molar-refractivity contribution is 0.0590. The van der Waals surface area contributed by atoms with Crippen LogP contribution in [-0.2, 0) is 4.74 Å². The maximum Gasteiger partial charge on any atom is 0.360 e. The number of rotatable bonds is 2. The maximum absolute atomic E-state index is 13.9. The van der Waals surface area contributed by atoms with Crippen LogP contribution in [0.3, 0.4) is 0 Å². The van der Waals surface area contributed by atoms with Gasteiger partial charge >= 0.3 is 5.97 Å². The molecule has 0 fully saturated rings. The largest absolute Gasteiger partial charge is 0.503 e. The number of methoxy groups -OCH3 is 1. The standard InChI is InChI=1S/C12H8BrF2N3O3/c1-21-12(20)8-9(19)10(16)18-11(17-8)4-2-7(15)5(13)3-6(4)14/h2-3,19H,1H3,(H2,16,17,18). The van der Waals surface area contributed by atoms with Crippen molar-refractivity contribution in [1.82, 2.24) is 9.97 Å². The number of hydrogen-bond donors (Lipinski definition) is 2. The third-order valence-electron chi connectivity index (χ3n) is 2.54. The number of nitrogens with zero attached hydrogens (tertiary/aromatic N) is 2. The van der Waals surface area contributed by atoms with Crippen LogP contribution in [0.25, 0.3) is 11.4 Å². The molecular formula is C12H8BrF2N3O3. The molecule has 0 bridgehead atoms. The molecule has 1 aromatic carbocycles. The fraction of sp³-hybridized carbons (Fsp3) is 0.0833. The van der Waals surface area contributed by atoms with Gasteiger partial charge in [0.05, 0.1) is 17.1 Å². The second-order valence-corrected chi connectivity index (χ2v) is 4.72. The van der Waals surface area contributed by atoms with Crippen molar-refractivity contribution >= 4 is 27.7 Å². The molecule has 21 heavy (non-hydrogen) atoms. The van der Waals surface area contributed by atoms with Gasteiger partial charge in [-0.3, -0.25) is 0 Å². The van der Waals surface area contributed by atoms with Crippen LogP contribution in [0.4, 0.5) is 14.6 Å². The Kier molecular flexibility index (Phi) is 4.03. The summed E-state index contributed by atoms with van der Waals surface area (Å²) in [7, 11) is 1.07. The van der Waals surface area contributed by atoms with Gasteiger partial charge in [0.2, 0.25) is 0 Å². The van der Waals surface area contributed by atoms with E-state index in [1.54, 1.807) is 0 Å². The van der Waals surface area contributed by atoms with E-state index in [1.165, 1.54) is 0 Å². The molecule has 1 heterocycles. The van der Waals surface area contributed by atoms with Gasteiger partial charge in [0.15, 0.2) is 23.1 Å². The summed E-state index contributed by atoms with van der Waals surface area (Å²) in [6.07, 6.45) is 0. The molecule has 0 radical (unpaired) electrons. The molecule has 0 amide bonds. The van der Waals surface area contributed by atoms with Crippen molar-refractivity contribution in [3.05, 3.63) is 33.9 Å². The predicted octanol–water partition coefficient (Wildman–Crippen LogP) is 2.26. The normalized spacial score (nSPS) is 10.5. The number of aromatic nitrogens is 2. The molecule has 0 aliphatic rings. The van der Waals surface area contributed by atoms with Gasteiger partial charge in [-0.05, 0) is 28.1 Å². The van der Waals surface area contributed by atoms with E-state index in [0.717, 1.165) is 19.2 Å². The Hall–Kier alpha value is -2.29. The Labute approximate surface area is 125 Å². The lowest BCUT2D eigenvalue weighted by atomic mass is 10.2. The van der Waals surface area contributed by atoms with Gasteiger partial charge in [0.1, 0.15) is 11.6 Å². The zero-order valence-electron chi connectivity index (χ0n) is 10.5. The summed E-state index contributed by atoms with van der Waals surface area (Å²) in [5.74, 6) is -4.06. The second kappa shape index (κ2) is 5.60. The summed E-state index contributed by atoms with van der Waals surface area (Å²) in [6, 6.07) is 1.72. The second-order valence-electron chi connectivity index (χ2n) is 3.87. The highest BCUT2D eigenvalue weighted by Crippen LogP contribution is 2.30. The molecule has 0 aliphatic heterocycles. The van der Waals surface area contributed by atoms with Crippen LogP contribution in [0, 0.1) is 11.6 Å². The molecule has 9 heteroatoms. The van der Waals surface area contributed by atoms with Crippen molar-refractivity contribution in [2.45, 2.75) is 0 Å². The Bertz CT molecular complexity index is 740. The number of aromatic hydroxyl groups is 1. The lowest BCUT2D eigenvalue weighted by Gasteiger charge is -2.08. The van der Waals surface area contributed by atoms with Crippen molar-refractivity contribution < 1.29 is 23.4 Å². The van der Waals surface area contributed by atoms with Crippen LogP contribution in [0.1, 0.15) is 10.5 Å². The van der Waals surface area contributed by atoms with Crippen LogP contribution in [0.15, 0.2) is 16.6 Å². The molecule has 2 rings (SSSR count). The van der Waals surface area contributed by atoms with E-state index in [2.05, 4.69) is 30.6 Å². The minimum Gasteiger partial charge on any atom is -0.503 e. The van der Waals surface area contributed by atoms with Gasteiger partial charge in [-0.25, -0.2) is 23.5 Å². The van der Waals surface area contributed by atoms with Crippen molar-refractivity contribution in [2.24, 2.45) is 0 Å². The molecule has 0 saturated carbocycles. The van der Waals surface area contributed by atoms with E-state index in [1.807, 2.05) is 0 Å². The van der Waals surface area contributed by atoms with Gasteiger partial charge < -0.3 is 15.6 Å². The molecular weight excluding hydrogens is 352 g/mol. The average Bonchev–Trinajstić information content (AvgIpc) is 2.45. The summed E-state index contributed by atoms with van der Waals surface area (Å²) >= 11 is 2.83. The number of carbonyl (C=O) groups is 1. The highest BCUT2D eigenvalue weighted by Gasteiger charge is 2.21. The fourth-order valence-electron chi connectivity index (χ4n) is 1.53. The molecule has 1 aromatic heterocycles. The van der Waals surface area contributed by atoms with Crippen LogP contribution in [0.5, 0.6) is 5.75 Å². The SMILES string of the molecule is COC(=O)c1nc(-c2cc(F)c(Br)cc2F)nc(N)c1O. The predicted molar refractivity (Wildman–Crippen MR) is 72.5 cm³/mol. The van der Waals surface area contributed by atoms with Crippen LogP contribution in [-0.4, -0.2) is 28.2 Å². The molecule has 0 atom stereocenters. The molecule has 0 spiro atoms. The smallest absolute Gasteiger partial charge is 0.360 e. The fourth-order valence-corrected chi connectivity index (χ4v) is 1.84. The summed E-state index contributed by atoms with van der Waals surface area (Å²) in [6.45, 7) is 0. The topological polar surface area (TPSA) is 98.3 Å². The summed E-state index contributed by atoms with van der Waals surface area (Å²) in [5.41, 5.74) is 4.58. The van der Waals surface area contributed by atoms with Crippen molar-refractivity contribution in [3.63, 3.8) is 0 Å². The molecule has 6 nitrogen and oxygen atoms in total. The van der Waals surface area contributed by atoms with E-state index in [-0.39, 0.29) is 15.9 Å². The molecule has 110 valence electrons. The van der Waals surface area contributed by atoms with E-state index >= 15 is 0 Å². The summed E-state index contributed by atoms with van der Waals surface area (Å²) in [4.78, 5) is 18.8. The molecule has 0 saturated heterocycles. The van der Waals surface area contributed by atoms with Crippen molar-refractivity contribution in [2.75, 3.05) is 12.8 Å². The minimum atomic E-state index is -0.985. The number of nitrogen functional groups attached to an aromatic ring is 1. The first-order chi connectivity index (χ1) is 9.85. The monoisotopic (exact) mass is 359 g/mol. The summed E-state index contributed by atoms with van der Waals surface area (Å²) in [5, 5.41) is 9.61. The molecule has 0 aliphatic carbocycles. The Morgan fingerprint density at radius 1 is 1.33 bits per heavy atom. The number of carbonyl (C=O) groups excluding carboxylic acids is 1. The number of anilines is 1. The first-order valence-corrected chi connectivity index (χ1v) is 6.24. The number of hydrogen-bond acceptors (Lipinski definition) is 6. The zero-order chi connectivity index (χ0) is 15.7. The third kappa shape index (κ3) is 2.77. The van der Waals surface area contributed by atoms with Gasteiger partial charge in [-0.15, -0.1) is 0 Å². The Morgan fingerprint density at radius 3 is 2.62 bits per heavy atom. The first-order valence-electron chi connectivity index (χ1n) is 5.44. The van der Waals surface area contributed by atoms with Crippen LogP contribution in [0.2, 0.25) is 0 Å². The van der Waals surface area contributed by atoms with E-state index < -0.39 is 34.9 Å². The Balaban J connectivity index is 2.68. The lowest BCUT2D eigenvalue weighted by Crippen LogP contribution is -2.09. The minimum absolute atomic E-state index is 0.0799. The quantitative estimate of drug-likeness (QED) is 0.630. The number of esters is 1. The highest BCUT2D eigenvalue weighted by atomic mass is 79.9. The van der Waals surface area contributed by atoms with E-state index in [0.29, 0.717) is 0 Å². The number of halogens is 3. The van der Waals surface area contributed by atoms with E-state index in [9.17, 15) is 18.7 Å². The maximum atomic E-state index is 13.9. The molecule has 2 aromatic rings. The summed E-state index contributed by atoms with van der Waals surface area (Å²) < 4.78 is 31.7.